The maximum Gasteiger partial charge on any atom is 0.326 e. The van der Waals surface area contributed by atoms with E-state index in [0.717, 1.165) is 10.8 Å². The Bertz CT molecular complexity index is 648. The van der Waals surface area contributed by atoms with E-state index in [1.165, 1.54) is 7.11 Å². The minimum Gasteiger partial charge on any atom is -0.480 e. The third kappa shape index (κ3) is 3.58. The smallest absolute Gasteiger partial charge is 0.326 e. The number of carboxylic acid groups (broad SMARTS) is 1. The Morgan fingerprint density at radius 1 is 1.19 bits per heavy atom. The van der Waals surface area contributed by atoms with Crippen LogP contribution >= 0.6 is 0 Å². The zero-order valence-electron chi connectivity index (χ0n) is 11.7. The van der Waals surface area contributed by atoms with Gasteiger partial charge in [-0.15, -0.1) is 0 Å². The van der Waals surface area contributed by atoms with E-state index in [9.17, 15) is 9.59 Å². The van der Waals surface area contributed by atoms with Crippen LogP contribution in [0.15, 0.2) is 42.5 Å². The van der Waals surface area contributed by atoms with Crippen molar-refractivity contribution in [3.05, 3.63) is 48.0 Å². The van der Waals surface area contributed by atoms with Crippen molar-refractivity contribution in [3.8, 4) is 0 Å². The average molecular weight is 287 g/mol. The molecule has 0 heterocycles. The highest BCUT2D eigenvalue weighted by atomic mass is 16.5. The topological polar surface area (TPSA) is 75.6 Å². The van der Waals surface area contributed by atoms with Crippen LogP contribution in [0.25, 0.3) is 10.8 Å². The van der Waals surface area contributed by atoms with Crippen LogP contribution < -0.4 is 5.32 Å². The summed E-state index contributed by atoms with van der Waals surface area (Å²) in [5.41, 5.74) is 0.469. The summed E-state index contributed by atoms with van der Waals surface area (Å²) in [6.45, 7) is 0.271. The van der Waals surface area contributed by atoms with E-state index in [1.54, 1.807) is 12.1 Å². The molecule has 2 aromatic carbocycles. The molecule has 0 spiro atoms. The van der Waals surface area contributed by atoms with Gasteiger partial charge in [0.05, 0.1) is 0 Å². The van der Waals surface area contributed by atoms with Crippen LogP contribution in [-0.2, 0) is 9.53 Å². The average Bonchev–Trinajstić information content (AvgIpc) is 2.50. The fraction of sp³-hybridized carbons (Fsp3) is 0.250. The first-order chi connectivity index (χ1) is 10.1. The number of methoxy groups -OCH3 is 1. The predicted molar refractivity (Wildman–Crippen MR) is 79.3 cm³/mol. The Kier molecular flexibility index (Phi) is 4.90. The van der Waals surface area contributed by atoms with E-state index in [4.69, 9.17) is 9.84 Å². The minimum atomic E-state index is -1.07. The Morgan fingerprint density at radius 2 is 1.90 bits per heavy atom. The van der Waals surface area contributed by atoms with Gasteiger partial charge in [-0.2, -0.15) is 0 Å². The Balaban J connectivity index is 2.23. The molecule has 1 unspecified atom stereocenters. The molecule has 1 amide bonds. The molecule has 0 saturated carbocycles. The van der Waals surface area contributed by atoms with Crippen LogP contribution in [0.3, 0.4) is 0 Å². The normalized spacial score (nSPS) is 12.0. The summed E-state index contributed by atoms with van der Waals surface area (Å²) in [5, 5.41) is 13.4. The molecule has 0 fully saturated rings. The van der Waals surface area contributed by atoms with Crippen molar-refractivity contribution in [1.29, 1.82) is 0 Å². The van der Waals surface area contributed by atoms with Gasteiger partial charge in [0.25, 0.3) is 5.91 Å². The van der Waals surface area contributed by atoms with Crippen LogP contribution in [0.5, 0.6) is 0 Å². The summed E-state index contributed by atoms with van der Waals surface area (Å²) in [6.07, 6.45) is 0.225. The number of carboxylic acids is 1. The first kappa shape index (κ1) is 15.0. The van der Waals surface area contributed by atoms with Crippen molar-refractivity contribution in [1.82, 2.24) is 5.32 Å². The lowest BCUT2D eigenvalue weighted by Gasteiger charge is -2.15. The molecule has 0 aromatic heterocycles. The lowest BCUT2D eigenvalue weighted by atomic mass is 10.0. The number of aliphatic carboxylic acids is 1. The Morgan fingerprint density at radius 3 is 2.62 bits per heavy atom. The third-order valence-corrected chi connectivity index (χ3v) is 3.25. The van der Waals surface area contributed by atoms with Crippen molar-refractivity contribution in [2.75, 3.05) is 13.7 Å². The van der Waals surface area contributed by atoms with Gasteiger partial charge in [0.15, 0.2) is 0 Å². The fourth-order valence-corrected chi connectivity index (χ4v) is 2.15. The second kappa shape index (κ2) is 6.85. The first-order valence-corrected chi connectivity index (χ1v) is 6.64. The SMILES string of the molecule is COCCC(NC(=O)c1cccc2ccccc12)C(=O)O. The summed E-state index contributed by atoms with van der Waals surface area (Å²) < 4.78 is 4.87. The lowest BCUT2D eigenvalue weighted by molar-refractivity contribution is -0.139. The molecule has 0 bridgehead atoms. The number of amides is 1. The number of ether oxygens (including phenoxy) is 1. The number of nitrogens with one attached hydrogen (secondary N) is 1. The predicted octanol–water partition coefficient (Wildman–Crippen LogP) is 2.06. The van der Waals surface area contributed by atoms with Crippen molar-refractivity contribution in [2.45, 2.75) is 12.5 Å². The number of hydrogen-bond donors (Lipinski definition) is 2. The van der Waals surface area contributed by atoms with Crippen LogP contribution in [0.2, 0.25) is 0 Å². The van der Waals surface area contributed by atoms with Crippen molar-refractivity contribution < 1.29 is 19.4 Å². The molecule has 21 heavy (non-hydrogen) atoms. The molecule has 2 N–H and O–H groups in total. The molecule has 1 atom stereocenters. The van der Waals surface area contributed by atoms with E-state index in [0.29, 0.717) is 5.56 Å². The number of benzene rings is 2. The lowest BCUT2D eigenvalue weighted by Crippen LogP contribution is -2.41. The van der Waals surface area contributed by atoms with Gasteiger partial charge in [-0.1, -0.05) is 36.4 Å². The zero-order valence-corrected chi connectivity index (χ0v) is 11.7. The van der Waals surface area contributed by atoms with Crippen molar-refractivity contribution in [3.63, 3.8) is 0 Å². The molecule has 0 saturated heterocycles. The fourth-order valence-electron chi connectivity index (χ4n) is 2.15. The number of rotatable bonds is 6. The molecule has 0 aliphatic carbocycles. The van der Waals surface area contributed by atoms with Gasteiger partial charge >= 0.3 is 5.97 Å². The van der Waals surface area contributed by atoms with Gasteiger partial charge < -0.3 is 15.2 Å². The van der Waals surface area contributed by atoms with E-state index < -0.39 is 17.9 Å². The van der Waals surface area contributed by atoms with Gasteiger partial charge in [-0.05, 0) is 16.8 Å². The summed E-state index contributed by atoms with van der Waals surface area (Å²) in [4.78, 5) is 23.5. The maximum atomic E-state index is 12.3. The molecular formula is C16H17NO4. The summed E-state index contributed by atoms with van der Waals surface area (Å²) in [5.74, 6) is -1.46. The van der Waals surface area contributed by atoms with Crippen LogP contribution in [-0.4, -0.2) is 36.7 Å². The number of carbonyl (C=O) groups is 2. The quantitative estimate of drug-likeness (QED) is 0.852. The van der Waals surface area contributed by atoms with Gasteiger partial charge in [0.2, 0.25) is 0 Å². The van der Waals surface area contributed by atoms with Crippen molar-refractivity contribution >= 4 is 22.6 Å². The number of hydrogen-bond acceptors (Lipinski definition) is 3. The molecule has 5 heteroatoms. The molecule has 5 nitrogen and oxygen atoms in total. The van der Waals surface area contributed by atoms with E-state index in [1.807, 2.05) is 30.3 Å². The Labute approximate surface area is 122 Å². The molecule has 0 radical (unpaired) electrons. The van der Waals surface area contributed by atoms with Gasteiger partial charge in [-0.3, -0.25) is 4.79 Å². The largest absolute Gasteiger partial charge is 0.480 e. The molecule has 0 aliphatic heterocycles. The standard InChI is InChI=1S/C16H17NO4/c1-21-10-9-14(16(19)20)17-15(18)13-8-4-6-11-5-2-3-7-12(11)13/h2-8,14H,9-10H2,1H3,(H,17,18)(H,19,20). The molecular weight excluding hydrogens is 270 g/mol. The third-order valence-electron chi connectivity index (χ3n) is 3.25. The van der Waals surface area contributed by atoms with Crippen molar-refractivity contribution in [2.24, 2.45) is 0 Å². The van der Waals surface area contributed by atoms with Gasteiger partial charge in [0.1, 0.15) is 6.04 Å². The molecule has 2 rings (SSSR count). The summed E-state index contributed by atoms with van der Waals surface area (Å²) in [7, 11) is 1.49. The first-order valence-electron chi connectivity index (χ1n) is 6.64. The van der Waals surface area contributed by atoms with Crippen LogP contribution in [0.1, 0.15) is 16.8 Å². The minimum absolute atomic E-state index is 0.225. The van der Waals surface area contributed by atoms with E-state index in [-0.39, 0.29) is 13.0 Å². The van der Waals surface area contributed by atoms with E-state index >= 15 is 0 Å². The van der Waals surface area contributed by atoms with E-state index in [2.05, 4.69) is 5.32 Å². The zero-order chi connectivity index (χ0) is 15.2. The number of carbonyl (C=O) groups excluding carboxylic acids is 1. The molecule has 0 aliphatic rings. The summed E-state index contributed by atoms with van der Waals surface area (Å²) in [6, 6.07) is 11.9. The Hall–Kier alpha value is -2.40. The highest BCUT2D eigenvalue weighted by Gasteiger charge is 2.21. The monoisotopic (exact) mass is 287 g/mol. The second-order valence-corrected chi connectivity index (χ2v) is 4.67. The van der Waals surface area contributed by atoms with Crippen LogP contribution in [0, 0.1) is 0 Å². The number of fused-ring (bicyclic) bond motifs is 1. The highest BCUT2D eigenvalue weighted by molar-refractivity contribution is 6.07. The second-order valence-electron chi connectivity index (χ2n) is 4.67. The van der Waals surface area contributed by atoms with Crippen LogP contribution in [0.4, 0.5) is 0 Å². The highest BCUT2D eigenvalue weighted by Crippen LogP contribution is 2.18. The summed E-state index contributed by atoms with van der Waals surface area (Å²) >= 11 is 0. The molecule has 2 aromatic rings. The maximum absolute atomic E-state index is 12.3. The van der Waals surface area contributed by atoms with Gasteiger partial charge in [0, 0.05) is 25.7 Å². The molecule has 110 valence electrons. The van der Waals surface area contributed by atoms with Gasteiger partial charge in [-0.25, -0.2) is 4.79 Å².